The van der Waals surface area contributed by atoms with Crippen LogP contribution in [-0.4, -0.2) is 30.9 Å². The van der Waals surface area contributed by atoms with Crippen LogP contribution in [0.5, 0.6) is 0 Å². The molecule has 26 heavy (non-hydrogen) atoms. The second-order valence-electron chi connectivity index (χ2n) is 6.02. The number of esters is 1. The molecular formula is C20H20N2O4. The molecule has 1 atom stereocenters. The van der Waals surface area contributed by atoms with E-state index < -0.39 is 24.4 Å². The van der Waals surface area contributed by atoms with E-state index in [1.54, 1.807) is 24.3 Å². The van der Waals surface area contributed by atoms with E-state index >= 15 is 0 Å². The molecule has 0 aromatic heterocycles. The zero-order chi connectivity index (χ0) is 18.5. The van der Waals surface area contributed by atoms with E-state index in [1.807, 2.05) is 37.3 Å². The molecule has 2 aromatic carbocycles. The van der Waals surface area contributed by atoms with Crippen LogP contribution in [0.2, 0.25) is 0 Å². The maximum Gasteiger partial charge on any atom is 0.313 e. The highest BCUT2D eigenvalue weighted by Crippen LogP contribution is 2.29. The van der Waals surface area contributed by atoms with E-state index in [-0.39, 0.29) is 12.5 Å². The molecule has 0 saturated heterocycles. The van der Waals surface area contributed by atoms with Crippen molar-refractivity contribution in [2.45, 2.75) is 19.3 Å². The van der Waals surface area contributed by atoms with Gasteiger partial charge in [0, 0.05) is 0 Å². The lowest BCUT2D eigenvalue weighted by Crippen LogP contribution is -2.44. The fourth-order valence-electron chi connectivity index (χ4n) is 2.99. The number of carbonyl (C=O) groups excluding carboxylic acids is 3. The highest BCUT2D eigenvalue weighted by molar-refractivity contribution is 6.10. The van der Waals surface area contributed by atoms with Crippen molar-refractivity contribution in [1.29, 1.82) is 0 Å². The Hall–Kier alpha value is -3.15. The van der Waals surface area contributed by atoms with E-state index in [1.165, 1.54) is 4.90 Å². The summed E-state index contributed by atoms with van der Waals surface area (Å²) in [5.41, 5.74) is 2.03. The van der Waals surface area contributed by atoms with Gasteiger partial charge in [0.15, 0.2) is 6.61 Å². The third-order valence-corrected chi connectivity index (χ3v) is 4.30. The standard InChI is InChI=1S/C20H20N2O4/c1-2-15(14-8-4-3-5-9-14)20(25)26-13-19(24)22-12-18(23)21-16-10-6-7-11-17(16)22/h3-11,15H,2,12-13H2,1H3,(H,21,23)/t15-/m0/s1. The third kappa shape index (κ3) is 3.74. The normalized spacial score (nSPS) is 14.2. The van der Waals surface area contributed by atoms with Crippen LogP contribution in [0.25, 0.3) is 0 Å². The number of anilines is 2. The number of carbonyl (C=O) groups is 3. The summed E-state index contributed by atoms with van der Waals surface area (Å²) in [5, 5.41) is 2.72. The average molecular weight is 352 g/mol. The van der Waals surface area contributed by atoms with Gasteiger partial charge in [-0.3, -0.25) is 19.3 Å². The first-order valence-corrected chi connectivity index (χ1v) is 8.51. The average Bonchev–Trinajstić information content (AvgIpc) is 2.66. The van der Waals surface area contributed by atoms with Crippen LogP contribution in [0.4, 0.5) is 11.4 Å². The van der Waals surface area contributed by atoms with Gasteiger partial charge in [-0.25, -0.2) is 0 Å². The van der Waals surface area contributed by atoms with Gasteiger partial charge in [0.05, 0.1) is 17.3 Å². The van der Waals surface area contributed by atoms with Crippen LogP contribution in [0, 0.1) is 0 Å². The minimum atomic E-state index is -0.443. The zero-order valence-electron chi connectivity index (χ0n) is 14.5. The van der Waals surface area contributed by atoms with Gasteiger partial charge < -0.3 is 10.1 Å². The van der Waals surface area contributed by atoms with E-state index in [9.17, 15) is 14.4 Å². The number of nitrogens with one attached hydrogen (secondary N) is 1. The van der Waals surface area contributed by atoms with Crippen molar-refractivity contribution in [3.63, 3.8) is 0 Å². The van der Waals surface area contributed by atoms with Gasteiger partial charge >= 0.3 is 5.97 Å². The van der Waals surface area contributed by atoms with Crippen molar-refractivity contribution in [3.8, 4) is 0 Å². The molecule has 1 aliphatic heterocycles. The lowest BCUT2D eigenvalue weighted by atomic mass is 9.97. The Labute approximate surface area is 151 Å². The Morgan fingerprint density at radius 2 is 1.81 bits per heavy atom. The molecule has 134 valence electrons. The summed E-state index contributed by atoms with van der Waals surface area (Å²) >= 11 is 0. The zero-order valence-corrected chi connectivity index (χ0v) is 14.5. The van der Waals surface area contributed by atoms with Gasteiger partial charge in [0.2, 0.25) is 5.91 Å². The fraction of sp³-hybridized carbons (Fsp3) is 0.250. The maximum atomic E-state index is 12.5. The number of rotatable bonds is 5. The van der Waals surface area contributed by atoms with Crippen molar-refractivity contribution in [2.24, 2.45) is 0 Å². The molecular weight excluding hydrogens is 332 g/mol. The largest absolute Gasteiger partial charge is 0.455 e. The van der Waals surface area contributed by atoms with Gasteiger partial charge in [-0.15, -0.1) is 0 Å². The lowest BCUT2D eigenvalue weighted by Gasteiger charge is -2.29. The van der Waals surface area contributed by atoms with Crippen LogP contribution in [0.1, 0.15) is 24.8 Å². The first-order chi connectivity index (χ1) is 12.6. The summed E-state index contributed by atoms with van der Waals surface area (Å²) in [7, 11) is 0. The summed E-state index contributed by atoms with van der Waals surface area (Å²) in [6.45, 7) is 1.40. The predicted octanol–water partition coefficient (Wildman–Crippen LogP) is 2.71. The molecule has 1 N–H and O–H groups in total. The van der Waals surface area contributed by atoms with Crippen LogP contribution >= 0.6 is 0 Å². The molecule has 0 bridgehead atoms. The quantitative estimate of drug-likeness (QED) is 0.840. The summed E-state index contributed by atoms with van der Waals surface area (Å²) in [6, 6.07) is 16.4. The van der Waals surface area contributed by atoms with Gasteiger partial charge in [0.1, 0.15) is 6.54 Å². The lowest BCUT2D eigenvalue weighted by molar-refractivity contribution is -0.149. The second kappa shape index (κ2) is 7.82. The minimum Gasteiger partial charge on any atom is -0.455 e. The van der Waals surface area contributed by atoms with Gasteiger partial charge in [-0.05, 0) is 24.1 Å². The molecule has 6 heteroatoms. The number of fused-ring (bicyclic) bond motifs is 1. The Bertz CT molecular complexity index is 820. The van der Waals surface area contributed by atoms with Crippen LogP contribution in [0.15, 0.2) is 54.6 Å². The first kappa shape index (κ1) is 17.7. The highest BCUT2D eigenvalue weighted by Gasteiger charge is 2.28. The Morgan fingerprint density at radius 1 is 1.12 bits per heavy atom. The Kier molecular flexibility index (Phi) is 5.31. The molecule has 0 aliphatic carbocycles. The topological polar surface area (TPSA) is 75.7 Å². The fourth-order valence-corrected chi connectivity index (χ4v) is 2.99. The number of para-hydroxylation sites is 2. The van der Waals surface area contributed by atoms with Crippen LogP contribution < -0.4 is 10.2 Å². The summed E-state index contributed by atoms with van der Waals surface area (Å²) < 4.78 is 5.25. The third-order valence-electron chi connectivity index (χ3n) is 4.30. The Morgan fingerprint density at radius 3 is 2.54 bits per heavy atom. The van der Waals surface area contributed by atoms with E-state index in [4.69, 9.17) is 4.74 Å². The van der Waals surface area contributed by atoms with Gasteiger partial charge in [-0.2, -0.15) is 0 Å². The highest BCUT2D eigenvalue weighted by atomic mass is 16.5. The molecule has 3 rings (SSSR count). The molecule has 0 spiro atoms. The van der Waals surface area contributed by atoms with Crippen molar-refractivity contribution in [1.82, 2.24) is 0 Å². The summed E-state index contributed by atoms with van der Waals surface area (Å²) in [6.07, 6.45) is 0.575. The molecule has 1 heterocycles. The minimum absolute atomic E-state index is 0.0940. The monoisotopic (exact) mass is 352 g/mol. The smallest absolute Gasteiger partial charge is 0.313 e. The van der Waals surface area contributed by atoms with Gasteiger partial charge in [-0.1, -0.05) is 49.4 Å². The van der Waals surface area contributed by atoms with E-state index in [2.05, 4.69) is 5.32 Å². The number of nitrogens with zero attached hydrogens (tertiary/aromatic N) is 1. The van der Waals surface area contributed by atoms with E-state index in [0.29, 0.717) is 17.8 Å². The molecule has 0 radical (unpaired) electrons. The van der Waals surface area contributed by atoms with Crippen molar-refractivity contribution in [2.75, 3.05) is 23.4 Å². The number of ether oxygens (including phenoxy) is 1. The van der Waals surface area contributed by atoms with Crippen molar-refractivity contribution < 1.29 is 19.1 Å². The molecule has 2 aromatic rings. The maximum absolute atomic E-state index is 12.5. The number of amides is 2. The second-order valence-corrected chi connectivity index (χ2v) is 6.02. The van der Waals surface area contributed by atoms with Crippen LogP contribution in [0.3, 0.4) is 0 Å². The molecule has 0 saturated carbocycles. The SMILES string of the molecule is CC[C@H](C(=O)OCC(=O)N1CC(=O)Nc2ccccc21)c1ccccc1. The first-order valence-electron chi connectivity index (χ1n) is 8.51. The summed E-state index contributed by atoms with van der Waals surface area (Å²) in [5.74, 6) is -1.56. The van der Waals surface area contributed by atoms with Crippen LogP contribution in [-0.2, 0) is 19.1 Å². The Balaban J connectivity index is 1.67. The predicted molar refractivity (Wildman–Crippen MR) is 97.9 cm³/mol. The molecule has 2 amide bonds. The number of benzene rings is 2. The molecule has 1 aliphatic rings. The van der Waals surface area contributed by atoms with Gasteiger partial charge in [0.25, 0.3) is 5.91 Å². The number of hydrogen-bond donors (Lipinski definition) is 1. The van der Waals surface area contributed by atoms with Crippen molar-refractivity contribution >= 4 is 29.2 Å². The molecule has 0 fully saturated rings. The number of hydrogen-bond acceptors (Lipinski definition) is 4. The van der Waals surface area contributed by atoms with E-state index in [0.717, 1.165) is 5.56 Å². The van der Waals surface area contributed by atoms with Crippen molar-refractivity contribution in [3.05, 3.63) is 60.2 Å². The molecule has 0 unspecified atom stereocenters. The molecule has 6 nitrogen and oxygen atoms in total. The summed E-state index contributed by atoms with van der Waals surface area (Å²) in [4.78, 5) is 38.1.